The van der Waals surface area contributed by atoms with E-state index in [1.54, 1.807) is 0 Å². The van der Waals surface area contributed by atoms with E-state index in [9.17, 15) is 9.59 Å². The lowest BCUT2D eigenvalue weighted by Gasteiger charge is -2.39. The molecule has 1 N–H and O–H groups in total. The molecule has 1 aromatic carbocycles. The summed E-state index contributed by atoms with van der Waals surface area (Å²) in [6, 6.07) is 10.5. The van der Waals surface area contributed by atoms with E-state index in [0.29, 0.717) is 25.4 Å². The number of carbonyl (C=O) groups excluding carboxylic acids is 2. The molecule has 6 heteroatoms. The van der Waals surface area contributed by atoms with Crippen molar-refractivity contribution in [2.45, 2.75) is 44.6 Å². The maximum absolute atomic E-state index is 12.6. The predicted octanol–water partition coefficient (Wildman–Crippen LogP) is 1.84. The first-order valence-corrected chi connectivity index (χ1v) is 11.1. The zero-order valence-corrected chi connectivity index (χ0v) is 17.3. The molecule has 4 rings (SSSR count). The number of ether oxygens (including phenoxy) is 1. The van der Waals surface area contributed by atoms with Crippen molar-refractivity contribution >= 4 is 11.8 Å². The maximum Gasteiger partial charge on any atom is 0.225 e. The summed E-state index contributed by atoms with van der Waals surface area (Å²) < 4.78 is 5.67. The molecule has 6 nitrogen and oxygen atoms in total. The van der Waals surface area contributed by atoms with Crippen LogP contribution in [0.2, 0.25) is 0 Å². The van der Waals surface area contributed by atoms with Crippen molar-refractivity contribution in [1.29, 1.82) is 0 Å². The van der Waals surface area contributed by atoms with Crippen molar-refractivity contribution in [2.75, 3.05) is 45.9 Å². The van der Waals surface area contributed by atoms with Crippen molar-refractivity contribution in [3.05, 3.63) is 35.9 Å². The lowest BCUT2D eigenvalue weighted by molar-refractivity contribution is -0.137. The van der Waals surface area contributed by atoms with Crippen LogP contribution in [-0.4, -0.2) is 73.6 Å². The van der Waals surface area contributed by atoms with E-state index in [-0.39, 0.29) is 17.4 Å². The van der Waals surface area contributed by atoms with Crippen LogP contribution in [0.1, 0.15) is 37.7 Å². The molecule has 3 heterocycles. The van der Waals surface area contributed by atoms with Gasteiger partial charge in [-0.3, -0.25) is 9.59 Å². The Hall–Kier alpha value is -1.92. The Morgan fingerprint density at radius 1 is 1.21 bits per heavy atom. The number of aryl methyl sites for hydroxylation is 1. The summed E-state index contributed by atoms with van der Waals surface area (Å²) >= 11 is 0. The van der Waals surface area contributed by atoms with Crippen molar-refractivity contribution < 1.29 is 14.3 Å². The number of nitrogens with zero attached hydrogens (tertiary/aromatic N) is 2. The van der Waals surface area contributed by atoms with Gasteiger partial charge in [-0.15, -0.1) is 0 Å². The number of morpholine rings is 1. The fourth-order valence-corrected chi connectivity index (χ4v) is 4.94. The molecule has 0 saturated carbocycles. The number of amides is 2. The molecule has 0 bridgehead atoms. The number of benzene rings is 1. The van der Waals surface area contributed by atoms with Gasteiger partial charge in [-0.2, -0.15) is 0 Å². The zero-order chi connectivity index (χ0) is 20.1. The normalized spacial score (nSPS) is 24.3. The van der Waals surface area contributed by atoms with Crippen molar-refractivity contribution in [3.8, 4) is 0 Å². The quantitative estimate of drug-likeness (QED) is 0.793. The van der Waals surface area contributed by atoms with Crippen molar-refractivity contribution in [3.63, 3.8) is 0 Å². The first-order chi connectivity index (χ1) is 14.1. The third-order valence-corrected chi connectivity index (χ3v) is 6.73. The summed E-state index contributed by atoms with van der Waals surface area (Å²) in [4.78, 5) is 29.2. The van der Waals surface area contributed by atoms with E-state index in [2.05, 4.69) is 34.5 Å². The maximum atomic E-state index is 12.6. The second kappa shape index (κ2) is 9.26. The van der Waals surface area contributed by atoms with Gasteiger partial charge in [-0.1, -0.05) is 30.3 Å². The van der Waals surface area contributed by atoms with Gasteiger partial charge in [0.05, 0.1) is 19.1 Å². The molecule has 3 saturated heterocycles. The van der Waals surface area contributed by atoms with Crippen molar-refractivity contribution in [2.24, 2.45) is 5.41 Å². The second-order valence-electron chi connectivity index (χ2n) is 8.86. The minimum atomic E-state index is 0.000279. The molecule has 1 unspecified atom stereocenters. The van der Waals surface area contributed by atoms with Crippen LogP contribution in [0.5, 0.6) is 0 Å². The standard InChI is InChI=1S/C23H33N3O3/c27-21(15-20-17-24-10-14-29-20)25-12-8-23(9-13-25)16-22(28)26(18-23)11-4-7-19-5-2-1-3-6-19/h1-3,5-6,20,24H,4,7-18H2. The smallest absolute Gasteiger partial charge is 0.225 e. The number of likely N-dealkylation sites (tertiary alicyclic amines) is 2. The summed E-state index contributed by atoms with van der Waals surface area (Å²) in [5.41, 5.74) is 1.40. The topological polar surface area (TPSA) is 61.9 Å². The van der Waals surface area contributed by atoms with Gasteiger partial charge in [0.2, 0.25) is 11.8 Å². The lowest BCUT2D eigenvalue weighted by atomic mass is 9.77. The molecule has 1 spiro atoms. The monoisotopic (exact) mass is 399 g/mol. The molecule has 1 atom stereocenters. The molecule has 2 amide bonds. The van der Waals surface area contributed by atoms with Crippen LogP contribution in [0.4, 0.5) is 0 Å². The average Bonchev–Trinajstić information content (AvgIpc) is 3.04. The molecule has 0 aliphatic carbocycles. The molecule has 158 valence electrons. The molecule has 3 fully saturated rings. The van der Waals surface area contributed by atoms with Crippen LogP contribution in [0.3, 0.4) is 0 Å². The Morgan fingerprint density at radius 3 is 2.72 bits per heavy atom. The van der Waals surface area contributed by atoms with Crippen LogP contribution in [0, 0.1) is 5.41 Å². The zero-order valence-electron chi connectivity index (χ0n) is 17.3. The fourth-order valence-electron chi connectivity index (χ4n) is 4.94. The summed E-state index contributed by atoms with van der Waals surface area (Å²) in [6.07, 6.45) is 5.00. The Balaban J connectivity index is 1.22. The number of rotatable bonds is 6. The van der Waals surface area contributed by atoms with Gasteiger partial charge in [0.25, 0.3) is 0 Å². The first-order valence-electron chi connectivity index (χ1n) is 11.1. The Bertz CT molecular complexity index is 695. The SMILES string of the molecule is O=C(CC1CNCCO1)N1CCC2(CC1)CC(=O)N(CCCc1ccccc1)C2. The second-order valence-corrected chi connectivity index (χ2v) is 8.86. The summed E-state index contributed by atoms with van der Waals surface area (Å²) in [6.45, 7) is 5.54. The van der Waals surface area contributed by atoms with Crippen LogP contribution in [-0.2, 0) is 20.7 Å². The van der Waals surface area contributed by atoms with Gasteiger partial charge in [-0.25, -0.2) is 0 Å². The number of hydrogen-bond acceptors (Lipinski definition) is 4. The third-order valence-electron chi connectivity index (χ3n) is 6.73. The average molecular weight is 400 g/mol. The molecule has 1 aromatic rings. The molecule has 29 heavy (non-hydrogen) atoms. The highest BCUT2D eigenvalue weighted by molar-refractivity contribution is 5.80. The van der Waals surface area contributed by atoms with E-state index < -0.39 is 0 Å². The predicted molar refractivity (Wildman–Crippen MR) is 111 cm³/mol. The molecular weight excluding hydrogens is 366 g/mol. The first kappa shape index (κ1) is 20.4. The van der Waals surface area contributed by atoms with Gasteiger partial charge < -0.3 is 19.9 Å². The number of carbonyl (C=O) groups is 2. The third kappa shape index (κ3) is 5.17. The molecule has 0 radical (unpaired) electrons. The van der Waals surface area contributed by atoms with E-state index >= 15 is 0 Å². The number of piperidine rings is 1. The van der Waals surface area contributed by atoms with Gasteiger partial charge in [0.1, 0.15) is 0 Å². The number of hydrogen-bond donors (Lipinski definition) is 1. The molecule has 3 aliphatic rings. The number of nitrogens with one attached hydrogen (secondary N) is 1. The summed E-state index contributed by atoms with van der Waals surface area (Å²) in [7, 11) is 0. The fraction of sp³-hybridized carbons (Fsp3) is 0.652. The van der Waals surface area contributed by atoms with Crippen LogP contribution >= 0.6 is 0 Å². The van der Waals surface area contributed by atoms with Gasteiger partial charge in [-0.05, 0) is 31.2 Å². The van der Waals surface area contributed by atoms with E-state index in [1.807, 2.05) is 11.0 Å². The highest BCUT2D eigenvalue weighted by Gasteiger charge is 2.45. The highest BCUT2D eigenvalue weighted by Crippen LogP contribution is 2.41. The molecule has 3 aliphatic heterocycles. The summed E-state index contributed by atoms with van der Waals surface area (Å²) in [5.74, 6) is 0.483. The summed E-state index contributed by atoms with van der Waals surface area (Å²) in [5, 5.41) is 3.28. The van der Waals surface area contributed by atoms with Gasteiger partial charge in [0, 0.05) is 51.1 Å². The van der Waals surface area contributed by atoms with Gasteiger partial charge in [0.15, 0.2) is 0 Å². The van der Waals surface area contributed by atoms with Crippen molar-refractivity contribution in [1.82, 2.24) is 15.1 Å². The van der Waals surface area contributed by atoms with E-state index in [1.165, 1.54) is 5.56 Å². The van der Waals surface area contributed by atoms with Crippen LogP contribution in [0.25, 0.3) is 0 Å². The lowest BCUT2D eigenvalue weighted by Crippen LogP contribution is -2.47. The molecular formula is C23H33N3O3. The Kier molecular flexibility index (Phi) is 6.50. The largest absolute Gasteiger partial charge is 0.375 e. The minimum absolute atomic E-state index is 0.000279. The Morgan fingerprint density at radius 2 is 2.00 bits per heavy atom. The van der Waals surface area contributed by atoms with E-state index in [0.717, 1.165) is 65.0 Å². The Labute approximate surface area is 173 Å². The van der Waals surface area contributed by atoms with Crippen LogP contribution in [0.15, 0.2) is 30.3 Å². The van der Waals surface area contributed by atoms with E-state index in [4.69, 9.17) is 4.74 Å². The highest BCUT2D eigenvalue weighted by atomic mass is 16.5. The molecule has 0 aromatic heterocycles. The van der Waals surface area contributed by atoms with Crippen LogP contribution < -0.4 is 5.32 Å². The van der Waals surface area contributed by atoms with Gasteiger partial charge >= 0.3 is 0 Å². The minimum Gasteiger partial charge on any atom is -0.375 e.